The van der Waals surface area contributed by atoms with Gasteiger partial charge < -0.3 is 10.5 Å². The van der Waals surface area contributed by atoms with E-state index in [1.54, 1.807) is 19.1 Å². The van der Waals surface area contributed by atoms with Gasteiger partial charge in [-0.3, -0.25) is 4.79 Å². The van der Waals surface area contributed by atoms with Crippen molar-refractivity contribution in [2.24, 2.45) is 11.7 Å². The second-order valence-corrected chi connectivity index (χ2v) is 5.07. The van der Waals surface area contributed by atoms with E-state index in [1.807, 2.05) is 13.8 Å². The summed E-state index contributed by atoms with van der Waals surface area (Å²) in [5.41, 5.74) is 6.48. The zero-order chi connectivity index (χ0) is 14.6. The van der Waals surface area contributed by atoms with Crippen LogP contribution in [-0.4, -0.2) is 18.6 Å². The van der Waals surface area contributed by atoms with Crippen molar-refractivity contribution in [3.05, 3.63) is 34.6 Å². The Hall–Kier alpha value is -1.13. The van der Waals surface area contributed by atoms with E-state index in [-0.39, 0.29) is 23.5 Å². The van der Waals surface area contributed by atoms with Gasteiger partial charge in [0.25, 0.3) is 0 Å². The van der Waals surface area contributed by atoms with Crippen molar-refractivity contribution >= 4 is 17.6 Å². The van der Waals surface area contributed by atoms with Gasteiger partial charge in [-0.2, -0.15) is 0 Å². The standard InChI is InChI=1S/C14H19ClFNO2/c1-4-19-14(18)13(17)11(8(2)3)9-6-5-7-10(16)12(9)15/h5-8,11,13H,4,17H2,1-3H3. The first-order chi connectivity index (χ1) is 8.90. The zero-order valence-corrected chi connectivity index (χ0v) is 12.1. The van der Waals surface area contributed by atoms with E-state index < -0.39 is 17.8 Å². The molecular formula is C14H19ClFNO2. The molecule has 0 spiro atoms. The highest BCUT2D eigenvalue weighted by Crippen LogP contribution is 2.34. The van der Waals surface area contributed by atoms with E-state index in [0.29, 0.717) is 5.56 Å². The number of hydrogen-bond acceptors (Lipinski definition) is 3. The molecule has 0 aliphatic carbocycles. The highest BCUT2D eigenvalue weighted by Gasteiger charge is 2.31. The maximum atomic E-state index is 13.5. The number of esters is 1. The molecule has 0 aliphatic heterocycles. The third-order valence-corrected chi connectivity index (χ3v) is 3.40. The van der Waals surface area contributed by atoms with Gasteiger partial charge in [-0.15, -0.1) is 0 Å². The van der Waals surface area contributed by atoms with Crippen molar-refractivity contribution in [2.75, 3.05) is 6.61 Å². The van der Waals surface area contributed by atoms with Gasteiger partial charge in [-0.05, 0) is 24.5 Å². The fraction of sp³-hybridized carbons (Fsp3) is 0.500. The van der Waals surface area contributed by atoms with Gasteiger partial charge in [0.05, 0.1) is 11.6 Å². The van der Waals surface area contributed by atoms with E-state index in [0.717, 1.165) is 0 Å². The van der Waals surface area contributed by atoms with Gasteiger partial charge in [-0.25, -0.2) is 4.39 Å². The summed E-state index contributed by atoms with van der Waals surface area (Å²) in [6.07, 6.45) is 0. The molecule has 0 aliphatic rings. The van der Waals surface area contributed by atoms with Crippen LogP contribution in [0.2, 0.25) is 5.02 Å². The molecule has 2 N–H and O–H groups in total. The summed E-state index contributed by atoms with van der Waals surface area (Å²) >= 11 is 5.98. The molecule has 2 unspecified atom stereocenters. The maximum absolute atomic E-state index is 13.5. The molecule has 3 nitrogen and oxygen atoms in total. The summed E-state index contributed by atoms with van der Waals surface area (Å²) in [6, 6.07) is 3.66. The molecular weight excluding hydrogens is 269 g/mol. The van der Waals surface area contributed by atoms with E-state index in [2.05, 4.69) is 0 Å². The second-order valence-electron chi connectivity index (χ2n) is 4.69. The van der Waals surface area contributed by atoms with Gasteiger partial charge in [0, 0.05) is 5.92 Å². The normalized spacial score (nSPS) is 14.3. The smallest absolute Gasteiger partial charge is 0.323 e. The Morgan fingerprint density at radius 3 is 2.63 bits per heavy atom. The minimum atomic E-state index is -0.862. The van der Waals surface area contributed by atoms with Crippen LogP contribution in [0.25, 0.3) is 0 Å². The molecule has 5 heteroatoms. The van der Waals surface area contributed by atoms with Crippen molar-refractivity contribution in [3.63, 3.8) is 0 Å². The molecule has 1 rings (SSSR count). The third kappa shape index (κ3) is 3.67. The number of carbonyl (C=O) groups excluding carboxylic acids is 1. The van der Waals surface area contributed by atoms with Crippen LogP contribution in [0.3, 0.4) is 0 Å². The van der Waals surface area contributed by atoms with Crippen molar-refractivity contribution in [1.82, 2.24) is 0 Å². The largest absolute Gasteiger partial charge is 0.465 e. The molecule has 0 fully saturated rings. The number of hydrogen-bond donors (Lipinski definition) is 1. The molecule has 0 aromatic heterocycles. The number of nitrogens with two attached hydrogens (primary N) is 1. The molecule has 0 amide bonds. The van der Waals surface area contributed by atoms with Gasteiger partial charge in [0.2, 0.25) is 0 Å². The molecule has 106 valence electrons. The minimum Gasteiger partial charge on any atom is -0.465 e. The number of ether oxygens (including phenoxy) is 1. The Bertz CT molecular complexity index is 451. The van der Waals surface area contributed by atoms with E-state index in [1.165, 1.54) is 6.07 Å². The van der Waals surface area contributed by atoms with Gasteiger partial charge in [0.1, 0.15) is 11.9 Å². The van der Waals surface area contributed by atoms with Crippen molar-refractivity contribution in [1.29, 1.82) is 0 Å². The van der Waals surface area contributed by atoms with Crippen LogP contribution in [0, 0.1) is 11.7 Å². The summed E-state index contributed by atoms with van der Waals surface area (Å²) in [4.78, 5) is 11.8. The molecule has 0 saturated heterocycles. The van der Waals surface area contributed by atoms with Crippen LogP contribution in [0.1, 0.15) is 32.3 Å². The van der Waals surface area contributed by atoms with Crippen LogP contribution >= 0.6 is 11.6 Å². The second kappa shape index (κ2) is 6.87. The topological polar surface area (TPSA) is 52.3 Å². The van der Waals surface area contributed by atoms with Gasteiger partial charge >= 0.3 is 5.97 Å². The molecule has 1 aromatic rings. The van der Waals surface area contributed by atoms with E-state index in [4.69, 9.17) is 22.1 Å². The highest BCUT2D eigenvalue weighted by atomic mass is 35.5. The average Bonchev–Trinajstić information content (AvgIpc) is 2.34. The zero-order valence-electron chi connectivity index (χ0n) is 11.3. The lowest BCUT2D eigenvalue weighted by Crippen LogP contribution is -2.40. The van der Waals surface area contributed by atoms with Crippen molar-refractivity contribution < 1.29 is 13.9 Å². The molecule has 0 radical (unpaired) electrons. The Balaban J connectivity index is 3.14. The van der Waals surface area contributed by atoms with Crippen molar-refractivity contribution in [3.8, 4) is 0 Å². The Morgan fingerprint density at radius 1 is 1.47 bits per heavy atom. The Morgan fingerprint density at radius 2 is 2.11 bits per heavy atom. The third-order valence-electron chi connectivity index (χ3n) is 3.00. The lowest BCUT2D eigenvalue weighted by molar-refractivity contribution is -0.145. The van der Waals surface area contributed by atoms with Crippen LogP contribution in [-0.2, 0) is 9.53 Å². The van der Waals surface area contributed by atoms with Crippen LogP contribution in [0.5, 0.6) is 0 Å². The van der Waals surface area contributed by atoms with Crippen LogP contribution < -0.4 is 5.73 Å². The minimum absolute atomic E-state index is 0.0148. The molecule has 0 bridgehead atoms. The molecule has 2 atom stereocenters. The SMILES string of the molecule is CCOC(=O)C(N)C(c1cccc(F)c1Cl)C(C)C. The summed E-state index contributed by atoms with van der Waals surface area (Å²) in [5.74, 6) is -1.37. The Kier molecular flexibility index (Phi) is 5.76. The summed E-state index contributed by atoms with van der Waals surface area (Å²) in [6.45, 7) is 5.79. The first kappa shape index (κ1) is 15.9. The first-order valence-electron chi connectivity index (χ1n) is 6.26. The number of halogens is 2. The monoisotopic (exact) mass is 287 g/mol. The first-order valence-corrected chi connectivity index (χ1v) is 6.64. The lowest BCUT2D eigenvalue weighted by Gasteiger charge is -2.27. The molecule has 1 aromatic carbocycles. The maximum Gasteiger partial charge on any atom is 0.323 e. The van der Waals surface area contributed by atoms with Crippen LogP contribution in [0.4, 0.5) is 4.39 Å². The number of rotatable bonds is 5. The van der Waals surface area contributed by atoms with Crippen LogP contribution in [0.15, 0.2) is 18.2 Å². The summed E-state index contributed by atoms with van der Waals surface area (Å²) in [5, 5.41) is 0.0148. The van der Waals surface area contributed by atoms with Crippen molar-refractivity contribution in [2.45, 2.75) is 32.7 Å². The predicted molar refractivity (Wildman–Crippen MR) is 73.6 cm³/mol. The fourth-order valence-corrected chi connectivity index (χ4v) is 2.38. The van der Waals surface area contributed by atoms with Gasteiger partial charge in [0.15, 0.2) is 0 Å². The van der Waals surface area contributed by atoms with Gasteiger partial charge in [-0.1, -0.05) is 37.6 Å². The highest BCUT2D eigenvalue weighted by molar-refractivity contribution is 6.31. The lowest BCUT2D eigenvalue weighted by atomic mass is 9.82. The number of benzene rings is 1. The summed E-state index contributed by atoms with van der Waals surface area (Å²) in [7, 11) is 0. The molecule has 0 heterocycles. The van der Waals surface area contributed by atoms with E-state index >= 15 is 0 Å². The summed E-state index contributed by atoms with van der Waals surface area (Å²) < 4.78 is 18.5. The van der Waals surface area contributed by atoms with E-state index in [9.17, 15) is 9.18 Å². The molecule has 19 heavy (non-hydrogen) atoms. The average molecular weight is 288 g/mol. The quantitative estimate of drug-likeness (QED) is 0.847. The number of carbonyl (C=O) groups is 1. The Labute approximate surface area is 117 Å². The fourth-order valence-electron chi connectivity index (χ4n) is 2.13. The molecule has 0 saturated carbocycles. The predicted octanol–water partition coefficient (Wildman–Crippen LogP) is 3.11.